The number of likely N-dealkylation sites (tertiary alicyclic amines) is 1. The molecular weight excluding hydrogens is 253 g/mol. The van der Waals surface area contributed by atoms with E-state index in [1.54, 1.807) is 6.07 Å². The summed E-state index contributed by atoms with van der Waals surface area (Å²) in [5, 5.41) is 18.8. The Labute approximate surface area is 121 Å². The second-order valence-corrected chi connectivity index (χ2v) is 5.98. The minimum Gasteiger partial charge on any atom is -0.497 e. The Hall–Kier alpha value is -1.04. The maximum absolute atomic E-state index is 9.40. The summed E-state index contributed by atoms with van der Waals surface area (Å²) >= 11 is 0. The lowest BCUT2D eigenvalue weighted by atomic mass is 9.78. The molecule has 110 valence electrons. The first-order valence-electron chi connectivity index (χ1n) is 7.26. The van der Waals surface area contributed by atoms with E-state index in [4.69, 9.17) is 4.74 Å². The van der Waals surface area contributed by atoms with Crippen LogP contribution in [-0.4, -0.2) is 42.3 Å². The third-order valence-corrected chi connectivity index (χ3v) is 4.23. The molecule has 20 heavy (non-hydrogen) atoms. The van der Waals surface area contributed by atoms with Crippen molar-refractivity contribution >= 4 is 12.6 Å². The Morgan fingerprint density at radius 3 is 2.70 bits per heavy atom. The van der Waals surface area contributed by atoms with Gasteiger partial charge in [0, 0.05) is 18.6 Å². The molecule has 1 aliphatic rings. The quantitative estimate of drug-likeness (QED) is 0.784. The van der Waals surface area contributed by atoms with Gasteiger partial charge in [0.05, 0.1) is 7.11 Å². The molecule has 1 atom stereocenters. The Morgan fingerprint density at radius 2 is 2.15 bits per heavy atom. The van der Waals surface area contributed by atoms with Gasteiger partial charge in [0.1, 0.15) is 5.75 Å². The van der Waals surface area contributed by atoms with Crippen LogP contribution in [0.5, 0.6) is 5.75 Å². The lowest BCUT2D eigenvalue weighted by molar-refractivity contribution is 0.296. The van der Waals surface area contributed by atoms with E-state index in [2.05, 4.69) is 18.7 Å². The molecule has 1 aromatic carbocycles. The largest absolute Gasteiger partial charge is 0.497 e. The molecule has 1 aliphatic heterocycles. The summed E-state index contributed by atoms with van der Waals surface area (Å²) in [6, 6.07) is 5.62. The molecule has 0 bridgehead atoms. The van der Waals surface area contributed by atoms with Gasteiger partial charge in [-0.1, -0.05) is 26.0 Å². The number of ether oxygens (including phenoxy) is 1. The molecule has 0 amide bonds. The molecule has 2 N–H and O–H groups in total. The predicted molar refractivity (Wildman–Crippen MR) is 81.0 cm³/mol. The molecule has 5 heteroatoms. The molecule has 0 saturated carbocycles. The maximum atomic E-state index is 9.40. The van der Waals surface area contributed by atoms with Gasteiger partial charge >= 0.3 is 7.12 Å². The maximum Gasteiger partial charge on any atom is 0.492 e. The molecule has 0 aliphatic carbocycles. The fourth-order valence-corrected chi connectivity index (χ4v) is 2.89. The van der Waals surface area contributed by atoms with E-state index in [-0.39, 0.29) is 0 Å². The second kappa shape index (κ2) is 6.61. The molecule has 0 aromatic heterocycles. The van der Waals surface area contributed by atoms with Crippen molar-refractivity contribution in [1.29, 1.82) is 0 Å². The van der Waals surface area contributed by atoms with Crippen molar-refractivity contribution in [2.75, 3.05) is 20.2 Å². The number of nitrogens with zero attached hydrogens (tertiary/aromatic N) is 1. The van der Waals surface area contributed by atoms with Crippen LogP contribution in [0.4, 0.5) is 0 Å². The van der Waals surface area contributed by atoms with E-state index in [9.17, 15) is 10.0 Å². The van der Waals surface area contributed by atoms with Gasteiger partial charge in [-0.05, 0) is 36.4 Å². The van der Waals surface area contributed by atoms with Gasteiger partial charge in [0.25, 0.3) is 0 Å². The van der Waals surface area contributed by atoms with E-state index in [0.29, 0.717) is 11.2 Å². The van der Waals surface area contributed by atoms with Gasteiger partial charge in [-0.2, -0.15) is 0 Å². The molecule has 1 heterocycles. The minimum absolute atomic E-state index is 0.435. The molecule has 1 unspecified atom stereocenters. The van der Waals surface area contributed by atoms with Gasteiger partial charge in [0.15, 0.2) is 0 Å². The summed E-state index contributed by atoms with van der Waals surface area (Å²) in [5.74, 6) is 2.02. The van der Waals surface area contributed by atoms with Gasteiger partial charge < -0.3 is 14.8 Å². The second-order valence-electron chi connectivity index (χ2n) is 5.98. The number of methoxy groups -OCH3 is 1. The van der Waals surface area contributed by atoms with Crippen molar-refractivity contribution in [2.24, 2.45) is 11.8 Å². The van der Waals surface area contributed by atoms with Crippen molar-refractivity contribution in [2.45, 2.75) is 26.8 Å². The van der Waals surface area contributed by atoms with Gasteiger partial charge in [0.2, 0.25) is 0 Å². The van der Waals surface area contributed by atoms with Crippen molar-refractivity contribution in [3.63, 3.8) is 0 Å². The summed E-state index contributed by atoms with van der Waals surface area (Å²) < 4.78 is 5.15. The molecule has 1 saturated heterocycles. The van der Waals surface area contributed by atoms with Gasteiger partial charge in [-0.3, -0.25) is 4.90 Å². The first-order valence-corrected chi connectivity index (χ1v) is 7.26. The van der Waals surface area contributed by atoms with Gasteiger partial charge in [-0.15, -0.1) is 0 Å². The van der Waals surface area contributed by atoms with Crippen LogP contribution in [-0.2, 0) is 6.54 Å². The van der Waals surface area contributed by atoms with Crippen LogP contribution >= 0.6 is 0 Å². The van der Waals surface area contributed by atoms with Crippen LogP contribution in [0.2, 0.25) is 0 Å². The van der Waals surface area contributed by atoms with Crippen LogP contribution < -0.4 is 10.2 Å². The lowest BCUT2D eigenvalue weighted by Crippen LogP contribution is -2.32. The summed E-state index contributed by atoms with van der Waals surface area (Å²) in [6.45, 7) is 7.66. The van der Waals surface area contributed by atoms with Crippen molar-refractivity contribution < 1.29 is 14.8 Å². The average molecular weight is 277 g/mol. The first-order chi connectivity index (χ1) is 9.51. The smallest absolute Gasteiger partial charge is 0.492 e. The fourth-order valence-electron chi connectivity index (χ4n) is 2.89. The predicted octanol–water partition coefficient (Wildman–Crippen LogP) is 0.853. The highest BCUT2D eigenvalue weighted by molar-refractivity contribution is 6.59. The monoisotopic (exact) mass is 277 g/mol. The molecule has 0 spiro atoms. The lowest BCUT2D eigenvalue weighted by Gasteiger charge is -2.19. The Morgan fingerprint density at radius 1 is 1.40 bits per heavy atom. The molecule has 2 rings (SSSR count). The Bertz CT molecular complexity index is 451. The number of rotatable bonds is 5. The van der Waals surface area contributed by atoms with Crippen LogP contribution in [0.3, 0.4) is 0 Å². The van der Waals surface area contributed by atoms with E-state index in [1.807, 2.05) is 12.1 Å². The number of benzene rings is 1. The third-order valence-electron chi connectivity index (χ3n) is 4.23. The van der Waals surface area contributed by atoms with Crippen LogP contribution in [0.15, 0.2) is 18.2 Å². The van der Waals surface area contributed by atoms with Crippen molar-refractivity contribution in [3.8, 4) is 5.75 Å². The highest BCUT2D eigenvalue weighted by Gasteiger charge is 2.25. The topological polar surface area (TPSA) is 52.9 Å². The van der Waals surface area contributed by atoms with E-state index in [1.165, 1.54) is 13.5 Å². The van der Waals surface area contributed by atoms with E-state index < -0.39 is 7.12 Å². The van der Waals surface area contributed by atoms with Crippen LogP contribution in [0.1, 0.15) is 25.8 Å². The van der Waals surface area contributed by atoms with E-state index >= 15 is 0 Å². The molecule has 4 nitrogen and oxygen atoms in total. The zero-order valence-electron chi connectivity index (χ0n) is 12.5. The Balaban J connectivity index is 2.05. The molecular formula is C15H24BNO3. The SMILES string of the molecule is COc1ccc(CN2CCC(C(C)C)C2)cc1B(O)O. The van der Waals surface area contributed by atoms with Crippen LogP contribution in [0.25, 0.3) is 0 Å². The van der Waals surface area contributed by atoms with Gasteiger partial charge in [-0.25, -0.2) is 0 Å². The van der Waals surface area contributed by atoms with Crippen molar-refractivity contribution in [1.82, 2.24) is 4.90 Å². The molecule has 1 fully saturated rings. The summed E-state index contributed by atoms with van der Waals surface area (Å²) in [7, 11) is 0.0427. The highest BCUT2D eigenvalue weighted by atomic mass is 16.5. The van der Waals surface area contributed by atoms with Crippen molar-refractivity contribution in [3.05, 3.63) is 23.8 Å². The molecule has 1 aromatic rings. The van der Waals surface area contributed by atoms with E-state index in [0.717, 1.165) is 37.0 Å². The third kappa shape index (κ3) is 3.54. The summed E-state index contributed by atoms with van der Waals surface area (Å²) in [6.07, 6.45) is 1.25. The molecule has 0 radical (unpaired) electrons. The Kier molecular flexibility index (Phi) is 5.08. The number of hydrogen-bond acceptors (Lipinski definition) is 4. The highest BCUT2D eigenvalue weighted by Crippen LogP contribution is 2.25. The average Bonchev–Trinajstić information content (AvgIpc) is 2.87. The summed E-state index contributed by atoms with van der Waals surface area (Å²) in [4.78, 5) is 2.43. The van der Waals surface area contributed by atoms with Crippen LogP contribution in [0, 0.1) is 11.8 Å². The summed E-state index contributed by atoms with van der Waals surface area (Å²) in [5.41, 5.74) is 1.53. The number of hydrogen-bond donors (Lipinski definition) is 2. The fraction of sp³-hybridized carbons (Fsp3) is 0.600. The zero-order valence-corrected chi connectivity index (χ0v) is 12.5. The zero-order chi connectivity index (χ0) is 14.7. The normalized spacial score (nSPS) is 19.6. The first kappa shape index (κ1) is 15.4. The standard InChI is InChI=1S/C15H24BNO3/c1-11(2)13-6-7-17(10-13)9-12-4-5-15(20-3)14(8-12)16(18)19/h4-5,8,11,13,18-19H,6-7,9-10H2,1-3H3. The minimum atomic E-state index is -1.49.